The lowest BCUT2D eigenvalue weighted by Gasteiger charge is -2.20. The highest BCUT2D eigenvalue weighted by molar-refractivity contribution is 5.76. The predicted molar refractivity (Wildman–Crippen MR) is 140 cm³/mol. The number of hydrogen-bond acceptors (Lipinski definition) is 6. The molecule has 35 heavy (non-hydrogen) atoms. The molecule has 0 aliphatic carbocycles. The maximum Gasteiger partial charge on any atom is 0.269 e. The van der Waals surface area contributed by atoms with Crippen LogP contribution in [0.4, 0.5) is 5.69 Å². The van der Waals surface area contributed by atoms with Crippen LogP contribution in [0, 0.1) is 10.1 Å². The summed E-state index contributed by atoms with van der Waals surface area (Å²) in [6.45, 7) is 8.43. The van der Waals surface area contributed by atoms with Crippen molar-refractivity contribution in [1.29, 1.82) is 0 Å². The van der Waals surface area contributed by atoms with E-state index >= 15 is 0 Å². The second-order valence-electron chi connectivity index (χ2n) is 8.50. The van der Waals surface area contributed by atoms with Crippen molar-refractivity contribution in [2.75, 3.05) is 27.8 Å². The molecule has 2 aromatic rings. The van der Waals surface area contributed by atoms with Crippen LogP contribution in [0.25, 0.3) is 12.2 Å². The Hall–Kier alpha value is -3.42. The number of methoxy groups -OCH3 is 2. The molecule has 0 N–H and O–H groups in total. The van der Waals surface area contributed by atoms with Gasteiger partial charge in [-0.1, -0.05) is 35.5 Å². The molecule has 188 valence electrons. The van der Waals surface area contributed by atoms with E-state index < -0.39 is 4.92 Å². The van der Waals surface area contributed by atoms with Gasteiger partial charge in [-0.2, -0.15) is 0 Å². The molecule has 0 amide bonds. The number of benzene rings is 2. The van der Waals surface area contributed by atoms with Gasteiger partial charge in [-0.15, -0.1) is 0 Å². The molecular formula is C28H35NO6. The van der Waals surface area contributed by atoms with Gasteiger partial charge in [0, 0.05) is 43.5 Å². The van der Waals surface area contributed by atoms with Crippen LogP contribution >= 0.6 is 0 Å². The lowest BCUT2D eigenvalue weighted by Crippen LogP contribution is -2.09. The summed E-state index contributed by atoms with van der Waals surface area (Å²) in [6.07, 6.45) is 9.58. The van der Waals surface area contributed by atoms with E-state index in [2.05, 4.69) is 39.8 Å². The average molecular weight is 482 g/mol. The lowest BCUT2D eigenvalue weighted by atomic mass is 9.92. The molecule has 0 atom stereocenters. The third-order valence-corrected chi connectivity index (χ3v) is 5.15. The summed E-state index contributed by atoms with van der Waals surface area (Å²) in [6, 6.07) is 8.35. The topological polar surface area (TPSA) is 80.1 Å². The summed E-state index contributed by atoms with van der Waals surface area (Å²) in [4.78, 5) is 10.6. The minimum absolute atomic E-state index is 0.0564. The van der Waals surface area contributed by atoms with Crippen molar-refractivity contribution in [2.24, 2.45) is 0 Å². The van der Waals surface area contributed by atoms with Crippen LogP contribution < -0.4 is 9.47 Å². The van der Waals surface area contributed by atoms with Gasteiger partial charge in [0.1, 0.15) is 11.5 Å². The lowest BCUT2D eigenvalue weighted by molar-refractivity contribution is -0.384. The Morgan fingerprint density at radius 2 is 1.31 bits per heavy atom. The smallest absolute Gasteiger partial charge is 0.269 e. The molecule has 7 heteroatoms. The number of non-ortho nitro benzene ring substituents is 1. The molecule has 0 bridgehead atoms. The molecule has 0 aliphatic rings. The van der Waals surface area contributed by atoms with E-state index in [-0.39, 0.29) is 19.3 Å². The standard InChI is InChI=1S/C28H35NO6/c1-20(2)7-14-25-24(16-11-22-9-12-23(13-10-22)29(30)31)26(15-8-21(3)4)28(35-19-33-6)17-27(25)34-18-32-5/h7-13,16-17H,14-15,18-19H2,1-6H3. The van der Waals surface area contributed by atoms with Gasteiger partial charge in [0.25, 0.3) is 5.69 Å². The first-order valence-corrected chi connectivity index (χ1v) is 11.4. The first kappa shape index (κ1) is 27.8. The van der Waals surface area contributed by atoms with E-state index in [4.69, 9.17) is 18.9 Å². The third-order valence-electron chi connectivity index (χ3n) is 5.15. The number of ether oxygens (including phenoxy) is 4. The Kier molecular flexibility index (Phi) is 11.2. The molecule has 0 aliphatic heterocycles. The maximum atomic E-state index is 11.0. The largest absolute Gasteiger partial charge is 0.467 e. The van der Waals surface area contributed by atoms with E-state index in [1.54, 1.807) is 26.4 Å². The normalized spacial score (nSPS) is 10.8. The van der Waals surface area contributed by atoms with Crippen LogP contribution in [0.1, 0.15) is 49.9 Å². The van der Waals surface area contributed by atoms with Crippen molar-refractivity contribution in [1.82, 2.24) is 0 Å². The van der Waals surface area contributed by atoms with Crippen molar-refractivity contribution in [3.8, 4) is 11.5 Å². The molecule has 0 fully saturated rings. The highest BCUT2D eigenvalue weighted by Crippen LogP contribution is 2.37. The summed E-state index contributed by atoms with van der Waals surface area (Å²) in [5, 5.41) is 11.0. The number of nitrogens with zero attached hydrogens (tertiary/aromatic N) is 1. The van der Waals surface area contributed by atoms with Crippen LogP contribution in [-0.4, -0.2) is 32.7 Å². The molecule has 7 nitrogen and oxygen atoms in total. The first-order chi connectivity index (χ1) is 16.8. The SMILES string of the molecule is COCOc1cc(OCOC)c(CC=C(C)C)c(C=Cc2ccc([N+](=O)[O-])cc2)c1CC=C(C)C. The quantitative estimate of drug-likeness (QED) is 0.104. The van der Waals surface area contributed by atoms with Gasteiger partial charge in [0.05, 0.1) is 4.92 Å². The van der Waals surface area contributed by atoms with Gasteiger partial charge in [-0.05, 0) is 63.8 Å². The minimum atomic E-state index is -0.404. The Bertz CT molecular complexity index is 1030. The summed E-state index contributed by atoms with van der Waals surface area (Å²) in [5.74, 6) is 1.33. The maximum absolute atomic E-state index is 11.0. The van der Waals surface area contributed by atoms with E-state index in [1.807, 2.05) is 18.2 Å². The number of rotatable bonds is 13. The van der Waals surface area contributed by atoms with Gasteiger partial charge < -0.3 is 18.9 Å². The first-order valence-electron chi connectivity index (χ1n) is 11.4. The Labute approximate surface area is 207 Å². The van der Waals surface area contributed by atoms with E-state index in [0.717, 1.165) is 22.3 Å². The zero-order valence-corrected chi connectivity index (χ0v) is 21.4. The highest BCUT2D eigenvalue weighted by atomic mass is 16.7. The molecule has 2 rings (SSSR count). The van der Waals surface area contributed by atoms with Gasteiger partial charge in [0.15, 0.2) is 13.6 Å². The Balaban J connectivity index is 2.73. The molecule has 0 unspecified atom stereocenters. The molecule has 0 heterocycles. The second kappa shape index (κ2) is 14.1. The molecule has 0 aromatic heterocycles. The Morgan fingerprint density at radius 1 is 0.829 bits per heavy atom. The summed E-state index contributed by atoms with van der Waals surface area (Å²) < 4.78 is 22.3. The summed E-state index contributed by atoms with van der Waals surface area (Å²) >= 11 is 0. The molecule has 0 saturated carbocycles. The summed E-state index contributed by atoms with van der Waals surface area (Å²) in [7, 11) is 3.16. The predicted octanol–water partition coefficient (Wildman–Crippen LogP) is 6.75. The van der Waals surface area contributed by atoms with Crippen LogP contribution in [0.2, 0.25) is 0 Å². The zero-order chi connectivity index (χ0) is 25.8. The van der Waals surface area contributed by atoms with Crippen molar-refractivity contribution in [3.05, 3.63) is 86.0 Å². The van der Waals surface area contributed by atoms with Gasteiger partial charge in [0.2, 0.25) is 0 Å². The highest BCUT2D eigenvalue weighted by Gasteiger charge is 2.18. The fourth-order valence-electron chi connectivity index (χ4n) is 3.36. The van der Waals surface area contributed by atoms with Crippen molar-refractivity contribution >= 4 is 17.8 Å². The average Bonchev–Trinajstić information content (AvgIpc) is 2.82. The number of nitro groups is 1. The van der Waals surface area contributed by atoms with E-state index in [9.17, 15) is 10.1 Å². The van der Waals surface area contributed by atoms with Crippen molar-refractivity contribution in [3.63, 3.8) is 0 Å². The Morgan fingerprint density at radius 3 is 1.71 bits per heavy atom. The molecule has 0 spiro atoms. The fraction of sp³-hybridized carbons (Fsp3) is 0.357. The monoisotopic (exact) mass is 481 g/mol. The van der Waals surface area contributed by atoms with Crippen LogP contribution in [0.5, 0.6) is 11.5 Å². The second-order valence-corrected chi connectivity index (χ2v) is 8.50. The molecular weight excluding hydrogens is 446 g/mol. The van der Waals surface area contributed by atoms with Crippen LogP contribution in [0.15, 0.2) is 53.6 Å². The summed E-state index contributed by atoms with van der Waals surface area (Å²) in [5.41, 5.74) is 6.27. The van der Waals surface area contributed by atoms with Gasteiger partial charge in [-0.3, -0.25) is 10.1 Å². The van der Waals surface area contributed by atoms with Crippen molar-refractivity contribution in [2.45, 2.75) is 40.5 Å². The molecule has 2 aromatic carbocycles. The molecule has 0 saturated heterocycles. The minimum Gasteiger partial charge on any atom is -0.467 e. The number of hydrogen-bond donors (Lipinski definition) is 0. The van der Waals surface area contributed by atoms with Gasteiger partial charge >= 0.3 is 0 Å². The van der Waals surface area contributed by atoms with Crippen LogP contribution in [0.3, 0.4) is 0 Å². The fourth-order valence-corrected chi connectivity index (χ4v) is 3.36. The zero-order valence-electron chi connectivity index (χ0n) is 21.4. The van der Waals surface area contributed by atoms with E-state index in [1.165, 1.54) is 23.3 Å². The van der Waals surface area contributed by atoms with E-state index in [0.29, 0.717) is 24.3 Å². The molecule has 0 radical (unpaired) electrons. The third kappa shape index (κ3) is 8.70. The van der Waals surface area contributed by atoms with Gasteiger partial charge in [-0.25, -0.2) is 0 Å². The van der Waals surface area contributed by atoms with Crippen molar-refractivity contribution < 1.29 is 23.9 Å². The number of allylic oxidation sites excluding steroid dienone is 4. The number of nitro benzene ring substituents is 1. The van der Waals surface area contributed by atoms with Crippen LogP contribution in [-0.2, 0) is 22.3 Å².